The van der Waals surface area contributed by atoms with E-state index in [2.05, 4.69) is 53.3 Å². The molecule has 0 bridgehead atoms. The predicted octanol–water partition coefficient (Wildman–Crippen LogP) is 3.15. The molecule has 3 aromatic rings. The summed E-state index contributed by atoms with van der Waals surface area (Å²) >= 11 is 0. The van der Waals surface area contributed by atoms with Crippen LogP contribution < -0.4 is 4.74 Å². The third-order valence-corrected chi connectivity index (χ3v) is 6.30. The van der Waals surface area contributed by atoms with Crippen LogP contribution in [0.3, 0.4) is 0 Å². The molecule has 0 aliphatic carbocycles. The average Bonchev–Trinajstić information content (AvgIpc) is 2.84. The smallest absolute Gasteiger partial charge is 0.291 e. The lowest BCUT2D eigenvalue weighted by molar-refractivity contribution is -0.0380. The number of carbonyl (C=O) groups is 1. The van der Waals surface area contributed by atoms with Gasteiger partial charge in [-0.15, -0.1) is 0 Å². The molecule has 2 aliphatic heterocycles. The van der Waals surface area contributed by atoms with Crippen molar-refractivity contribution in [3.63, 3.8) is 0 Å². The van der Waals surface area contributed by atoms with Crippen molar-refractivity contribution >= 4 is 5.91 Å². The van der Waals surface area contributed by atoms with E-state index < -0.39 is 0 Å². The van der Waals surface area contributed by atoms with E-state index in [1.165, 1.54) is 16.7 Å². The van der Waals surface area contributed by atoms with E-state index in [0.29, 0.717) is 45.2 Å². The summed E-state index contributed by atoms with van der Waals surface area (Å²) < 4.78 is 16.9. The third kappa shape index (κ3) is 4.47. The van der Waals surface area contributed by atoms with Gasteiger partial charge < -0.3 is 19.1 Å². The van der Waals surface area contributed by atoms with Gasteiger partial charge in [-0.3, -0.25) is 4.79 Å². The van der Waals surface area contributed by atoms with Crippen LogP contribution in [0, 0.1) is 6.92 Å². The van der Waals surface area contributed by atoms with Gasteiger partial charge in [0.05, 0.1) is 37.5 Å². The maximum Gasteiger partial charge on any atom is 0.291 e. The SMILES string of the molecule is Cc1ccc(C2(c3ccc(OCc4ccnc(C(=O)N5CCOCC5)n4)cc3)COC2)cc1. The lowest BCUT2D eigenvalue weighted by atomic mass is 9.73. The molecular formula is C26H27N3O4. The van der Waals surface area contributed by atoms with E-state index in [1.807, 2.05) is 12.1 Å². The second kappa shape index (κ2) is 9.29. The number of aryl methyl sites for hydroxylation is 1. The maximum absolute atomic E-state index is 12.6. The van der Waals surface area contributed by atoms with Crippen LogP contribution in [0.15, 0.2) is 60.8 Å². The van der Waals surface area contributed by atoms with Gasteiger partial charge in [0.2, 0.25) is 5.82 Å². The highest BCUT2D eigenvalue weighted by molar-refractivity contribution is 5.90. The largest absolute Gasteiger partial charge is 0.487 e. The van der Waals surface area contributed by atoms with Crippen molar-refractivity contribution in [3.05, 3.63) is 89.0 Å². The molecule has 2 aliphatic rings. The molecular weight excluding hydrogens is 418 g/mol. The number of ether oxygens (including phenoxy) is 3. The highest BCUT2D eigenvalue weighted by atomic mass is 16.5. The fourth-order valence-electron chi connectivity index (χ4n) is 4.19. The van der Waals surface area contributed by atoms with Crippen molar-refractivity contribution in [2.24, 2.45) is 0 Å². The van der Waals surface area contributed by atoms with Gasteiger partial charge in [-0.1, -0.05) is 42.0 Å². The number of aromatic nitrogens is 2. The topological polar surface area (TPSA) is 73.8 Å². The zero-order chi connectivity index (χ0) is 22.7. The number of carbonyl (C=O) groups excluding carboxylic acids is 1. The Labute approximate surface area is 193 Å². The first-order valence-corrected chi connectivity index (χ1v) is 11.2. The van der Waals surface area contributed by atoms with Crippen LogP contribution in [0.5, 0.6) is 5.75 Å². The quantitative estimate of drug-likeness (QED) is 0.580. The molecule has 2 aromatic carbocycles. The monoisotopic (exact) mass is 445 g/mol. The summed E-state index contributed by atoms with van der Waals surface area (Å²) in [5, 5.41) is 0. The first-order chi connectivity index (χ1) is 16.1. The van der Waals surface area contributed by atoms with Gasteiger partial charge in [-0.25, -0.2) is 9.97 Å². The Balaban J connectivity index is 1.25. The summed E-state index contributed by atoms with van der Waals surface area (Å²) in [5.41, 5.74) is 4.29. The number of nitrogens with zero attached hydrogens (tertiary/aromatic N) is 3. The summed E-state index contributed by atoms with van der Waals surface area (Å²) in [6.45, 7) is 5.92. The number of rotatable bonds is 6. The van der Waals surface area contributed by atoms with Crippen molar-refractivity contribution in [1.82, 2.24) is 14.9 Å². The molecule has 3 heterocycles. The number of morpholine rings is 1. The van der Waals surface area contributed by atoms with Crippen LogP contribution in [0.2, 0.25) is 0 Å². The highest BCUT2D eigenvalue weighted by Crippen LogP contribution is 2.39. The van der Waals surface area contributed by atoms with E-state index in [9.17, 15) is 4.79 Å². The number of benzene rings is 2. The van der Waals surface area contributed by atoms with Gasteiger partial charge >= 0.3 is 0 Å². The molecule has 0 radical (unpaired) electrons. The summed E-state index contributed by atoms with van der Waals surface area (Å²) in [6, 6.07) is 18.6. The average molecular weight is 446 g/mol. The molecule has 0 unspecified atom stereocenters. The predicted molar refractivity (Wildman–Crippen MR) is 122 cm³/mol. The lowest BCUT2D eigenvalue weighted by Crippen LogP contribution is -2.47. The maximum atomic E-state index is 12.6. The molecule has 0 atom stereocenters. The summed E-state index contributed by atoms with van der Waals surface area (Å²) in [7, 11) is 0. The Hall–Kier alpha value is -3.29. The first kappa shape index (κ1) is 21.6. The summed E-state index contributed by atoms with van der Waals surface area (Å²) in [4.78, 5) is 22.9. The minimum absolute atomic E-state index is 0.104. The fourth-order valence-corrected chi connectivity index (χ4v) is 4.19. The molecule has 7 nitrogen and oxygen atoms in total. The van der Waals surface area contributed by atoms with Crippen molar-refractivity contribution in [1.29, 1.82) is 0 Å². The summed E-state index contributed by atoms with van der Waals surface area (Å²) in [5.74, 6) is 0.768. The molecule has 170 valence electrons. The highest BCUT2D eigenvalue weighted by Gasteiger charge is 2.41. The van der Waals surface area contributed by atoms with Gasteiger partial charge in [-0.2, -0.15) is 0 Å². The molecule has 33 heavy (non-hydrogen) atoms. The molecule has 1 amide bonds. The number of hydrogen-bond donors (Lipinski definition) is 0. The van der Waals surface area contributed by atoms with E-state index in [1.54, 1.807) is 17.2 Å². The molecule has 1 aromatic heterocycles. The minimum atomic E-state index is -0.173. The molecule has 2 fully saturated rings. The van der Waals surface area contributed by atoms with Crippen LogP contribution >= 0.6 is 0 Å². The molecule has 0 N–H and O–H groups in total. The van der Waals surface area contributed by atoms with Gasteiger partial charge in [0.1, 0.15) is 12.4 Å². The van der Waals surface area contributed by atoms with Gasteiger partial charge in [0.25, 0.3) is 5.91 Å². The normalized spacial score (nSPS) is 17.3. The van der Waals surface area contributed by atoms with Crippen LogP contribution in [-0.4, -0.2) is 60.3 Å². The Kier molecular flexibility index (Phi) is 6.07. The molecule has 0 spiro atoms. The molecule has 0 saturated carbocycles. The zero-order valence-corrected chi connectivity index (χ0v) is 18.7. The van der Waals surface area contributed by atoms with Crippen LogP contribution in [-0.2, 0) is 21.5 Å². The van der Waals surface area contributed by atoms with Crippen molar-refractivity contribution in [2.45, 2.75) is 18.9 Å². The van der Waals surface area contributed by atoms with E-state index in [4.69, 9.17) is 14.2 Å². The third-order valence-electron chi connectivity index (χ3n) is 6.30. The first-order valence-electron chi connectivity index (χ1n) is 11.2. The second-order valence-electron chi connectivity index (χ2n) is 8.53. The van der Waals surface area contributed by atoms with Crippen molar-refractivity contribution in [3.8, 4) is 5.75 Å². The van der Waals surface area contributed by atoms with Gasteiger partial charge in [0, 0.05) is 19.3 Å². The zero-order valence-electron chi connectivity index (χ0n) is 18.7. The van der Waals surface area contributed by atoms with Crippen LogP contribution in [0.1, 0.15) is 33.0 Å². The van der Waals surface area contributed by atoms with E-state index in [-0.39, 0.29) is 23.8 Å². The molecule has 5 rings (SSSR count). The number of hydrogen-bond acceptors (Lipinski definition) is 6. The minimum Gasteiger partial charge on any atom is -0.487 e. The van der Waals surface area contributed by atoms with Gasteiger partial charge in [0.15, 0.2) is 0 Å². The Morgan fingerprint density at radius 1 is 0.970 bits per heavy atom. The number of amides is 1. The molecule has 2 saturated heterocycles. The van der Waals surface area contributed by atoms with Crippen molar-refractivity contribution in [2.75, 3.05) is 39.5 Å². The second-order valence-corrected chi connectivity index (χ2v) is 8.53. The van der Waals surface area contributed by atoms with Crippen LogP contribution in [0.4, 0.5) is 0 Å². The van der Waals surface area contributed by atoms with Crippen molar-refractivity contribution < 1.29 is 19.0 Å². The Bertz CT molecular complexity index is 1110. The standard InChI is InChI=1S/C26H27N3O4/c1-19-2-4-20(5-3-19)26(17-32-18-26)21-6-8-23(9-7-21)33-16-22-10-11-27-24(28-22)25(30)29-12-14-31-15-13-29/h2-11H,12-18H2,1H3. The van der Waals surface area contributed by atoms with E-state index >= 15 is 0 Å². The Morgan fingerprint density at radius 3 is 2.27 bits per heavy atom. The Morgan fingerprint density at radius 2 is 1.64 bits per heavy atom. The van der Waals surface area contributed by atoms with Crippen LogP contribution in [0.25, 0.3) is 0 Å². The van der Waals surface area contributed by atoms with Gasteiger partial charge in [-0.05, 0) is 36.2 Å². The lowest BCUT2D eigenvalue weighted by Gasteiger charge is -2.42. The summed E-state index contributed by atoms with van der Waals surface area (Å²) in [6.07, 6.45) is 1.60. The van der Waals surface area contributed by atoms with E-state index in [0.717, 1.165) is 5.75 Å². The fraction of sp³-hybridized carbons (Fsp3) is 0.346. The molecule has 7 heteroatoms.